The summed E-state index contributed by atoms with van der Waals surface area (Å²) >= 11 is 0. The lowest BCUT2D eigenvalue weighted by Crippen LogP contribution is -2.50. The zero-order valence-corrected chi connectivity index (χ0v) is 18.3. The summed E-state index contributed by atoms with van der Waals surface area (Å²) in [4.78, 5) is 27.8. The van der Waals surface area contributed by atoms with E-state index in [2.05, 4.69) is 41.8 Å². The maximum Gasteiger partial charge on any atom is 0.317 e. The molecule has 0 spiro atoms. The van der Waals surface area contributed by atoms with E-state index < -0.39 is 0 Å². The van der Waals surface area contributed by atoms with E-state index in [-0.39, 0.29) is 23.8 Å². The van der Waals surface area contributed by atoms with Gasteiger partial charge in [0.1, 0.15) is 5.76 Å². The Morgan fingerprint density at radius 2 is 1.78 bits per heavy atom. The summed E-state index contributed by atoms with van der Waals surface area (Å²) in [6.45, 7) is 3.40. The third-order valence-electron chi connectivity index (χ3n) is 6.00. The first-order valence-electron chi connectivity index (χ1n) is 11.1. The Labute approximate surface area is 188 Å². The van der Waals surface area contributed by atoms with Crippen molar-refractivity contribution in [3.63, 3.8) is 0 Å². The number of carbonyl (C=O) groups excluding carboxylic acids is 2. The lowest BCUT2D eigenvalue weighted by Gasteiger charge is -2.37. The zero-order chi connectivity index (χ0) is 22.3. The highest BCUT2D eigenvalue weighted by Gasteiger charge is 2.34. The van der Waals surface area contributed by atoms with Gasteiger partial charge in [0.2, 0.25) is 5.91 Å². The molecule has 0 radical (unpaired) electrons. The number of anilines is 1. The normalized spacial score (nSPS) is 18.2. The number of aryl methyl sites for hydroxylation is 1. The minimum Gasteiger partial charge on any atom is -0.467 e. The van der Waals surface area contributed by atoms with Gasteiger partial charge >= 0.3 is 6.03 Å². The number of urea groups is 1. The number of amides is 3. The smallest absolute Gasteiger partial charge is 0.317 e. The van der Waals surface area contributed by atoms with Crippen molar-refractivity contribution in [1.82, 2.24) is 10.2 Å². The summed E-state index contributed by atoms with van der Waals surface area (Å²) in [7, 11) is 0. The highest BCUT2D eigenvalue weighted by atomic mass is 16.3. The van der Waals surface area contributed by atoms with Crippen molar-refractivity contribution in [3.8, 4) is 0 Å². The van der Waals surface area contributed by atoms with E-state index >= 15 is 0 Å². The lowest BCUT2D eigenvalue weighted by atomic mass is 9.83. The molecule has 1 saturated heterocycles. The molecule has 1 fully saturated rings. The SMILES string of the molecule is CCc1ccc(C2CC(C(=O)Nc3ccccc3)CN(C(=O)NCc3ccco3)C2)cc1. The Kier molecular flexibility index (Phi) is 6.90. The van der Waals surface area contributed by atoms with Crippen LogP contribution in [-0.2, 0) is 17.8 Å². The Hall–Kier alpha value is -3.54. The predicted molar refractivity (Wildman–Crippen MR) is 124 cm³/mol. The Balaban J connectivity index is 1.49. The molecule has 6 nitrogen and oxygen atoms in total. The van der Waals surface area contributed by atoms with Gasteiger partial charge in [0.25, 0.3) is 0 Å². The number of likely N-dealkylation sites (tertiary alicyclic amines) is 1. The third-order valence-corrected chi connectivity index (χ3v) is 6.00. The van der Waals surface area contributed by atoms with E-state index in [0.29, 0.717) is 31.8 Å². The first-order valence-corrected chi connectivity index (χ1v) is 11.1. The first-order chi connectivity index (χ1) is 15.6. The first kappa shape index (κ1) is 21.7. The monoisotopic (exact) mass is 431 g/mol. The van der Waals surface area contributed by atoms with Crippen molar-refractivity contribution in [2.24, 2.45) is 5.92 Å². The molecule has 1 aliphatic rings. The van der Waals surface area contributed by atoms with Crippen LogP contribution >= 0.6 is 0 Å². The van der Waals surface area contributed by atoms with Crippen LogP contribution in [0.3, 0.4) is 0 Å². The molecule has 2 heterocycles. The van der Waals surface area contributed by atoms with Crippen molar-refractivity contribution in [1.29, 1.82) is 0 Å². The van der Waals surface area contributed by atoms with Gasteiger partial charge in [-0.3, -0.25) is 4.79 Å². The van der Waals surface area contributed by atoms with Crippen molar-refractivity contribution < 1.29 is 14.0 Å². The minimum atomic E-state index is -0.297. The average Bonchev–Trinajstić information content (AvgIpc) is 3.36. The Bertz CT molecular complexity index is 1020. The molecule has 3 amide bonds. The molecule has 3 aromatic rings. The minimum absolute atomic E-state index is 0.0603. The van der Waals surface area contributed by atoms with E-state index in [0.717, 1.165) is 17.7 Å². The van der Waals surface area contributed by atoms with E-state index in [1.54, 1.807) is 17.2 Å². The quantitative estimate of drug-likeness (QED) is 0.589. The van der Waals surface area contributed by atoms with Gasteiger partial charge in [0.05, 0.1) is 18.7 Å². The zero-order valence-electron chi connectivity index (χ0n) is 18.3. The average molecular weight is 432 g/mol. The summed E-state index contributed by atoms with van der Waals surface area (Å²) in [5.41, 5.74) is 3.19. The number of benzene rings is 2. The lowest BCUT2D eigenvalue weighted by molar-refractivity contribution is -0.121. The second-order valence-electron chi connectivity index (χ2n) is 8.22. The molecule has 6 heteroatoms. The summed E-state index contributed by atoms with van der Waals surface area (Å²) in [5, 5.41) is 5.92. The standard InChI is InChI=1S/C26H29N3O3/c1-2-19-10-12-20(13-11-19)21-15-22(25(30)28-23-7-4-3-5-8-23)18-29(17-21)26(31)27-16-24-9-6-14-32-24/h3-14,21-22H,2,15-18H2,1H3,(H,27,31)(H,28,30). The highest BCUT2D eigenvalue weighted by molar-refractivity contribution is 5.93. The van der Waals surface area contributed by atoms with Crippen LogP contribution in [0.15, 0.2) is 77.4 Å². The van der Waals surface area contributed by atoms with Crippen LogP contribution in [0.4, 0.5) is 10.5 Å². The summed E-state index contributed by atoms with van der Waals surface area (Å²) in [6, 6.07) is 21.4. The van der Waals surface area contributed by atoms with E-state index in [9.17, 15) is 9.59 Å². The molecule has 2 unspecified atom stereocenters. The second-order valence-corrected chi connectivity index (χ2v) is 8.22. The molecule has 4 rings (SSSR count). The van der Waals surface area contributed by atoms with Gasteiger partial charge in [0.15, 0.2) is 0 Å². The molecule has 2 aromatic carbocycles. The number of para-hydroxylation sites is 1. The maximum atomic E-state index is 13.1. The molecular weight excluding hydrogens is 402 g/mol. The van der Waals surface area contributed by atoms with E-state index in [4.69, 9.17) is 4.42 Å². The van der Waals surface area contributed by atoms with Gasteiger partial charge in [-0.25, -0.2) is 4.79 Å². The molecule has 166 valence electrons. The molecule has 32 heavy (non-hydrogen) atoms. The predicted octanol–water partition coefficient (Wildman–Crippen LogP) is 4.80. The van der Waals surface area contributed by atoms with Crippen LogP contribution in [-0.4, -0.2) is 29.9 Å². The van der Waals surface area contributed by atoms with Crippen LogP contribution < -0.4 is 10.6 Å². The maximum absolute atomic E-state index is 13.1. The number of piperidine rings is 1. The van der Waals surface area contributed by atoms with Gasteiger partial charge in [-0.2, -0.15) is 0 Å². The van der Waals surface area contributed by atoms with Crippen LogP contribution in [0.25, 0.3) is 0 Å². The molecule has 1 aliphatic heterocycles. The molecule has 0 bridgehead atoms. The Morgan fingerprint density at radius 1 is 1.00 bits per heavy atom. The van der Waals surface area contributed by atoms with Gasteiger partial charge in [-0.1, -0.05) is 49.4 Å². The van der Waals surface area contributed by atoms with Gasteiger partial charge in [0, 0.05) is 24.7 Å². The number of hydrogen-bond donors (Lipinski definition) is 2. The molecule has 2 N–H and O–H groups in total. The van der Waals surface area contributed by atoms with Crippen molar-refractivity contribution in [2.75, 3.05) is 18.4 Å². The topological polar surface area (TPSA) is 74.6 Å². The van der Waals surface area contributed by atoms with Gasteiger partial charge in [-0.05, 0) is 48.2 Å². The summed E-state index contributed by atoms with van der Waals surface area (Å²) in [6.07, 6.45) is 3.27. The number of hydrogen-bond acceptors (Lipinski definition) is 3. The van der Waals surface area contributed by atoms with Crippen molar-refractivity contribution in [3.05, 3.63) is 89.9 Å². The van der Waals surface area contributed by atoms with E-state index in [1.807, 2.05) is 36.4 Å². The number of carbonyl (C=O) groups is 2. The van der Waals surface area contributed by atoms with Crippen LogP contribution in [0.1, 0.15) is 36.1 Å². The number of nitrogens with zero attached hydrogens (tertiary/aromatic N) is 1. The van der Waals surface area contributed by atoms with Gasteiger partial charge < -0.3 is 20.0 Å². The fourth-order valence-corrected chi connectivity index (χ4v) is 4.18. The van der Waals surface area contributed by atoms with Gasteiger partial charge in [-0.15, -0.1) is 0 Å². The Morgan fingerprint density at radius 3 is 2.47 bits per heavy atom. The van der Waals surface area contributed by atoms with Crippen molar-refractivity contribution in [2.45, 2.75) is 32.2 Å². The molecule has 0 saturated carbocycles. The van der Waals surface area contributed by atoms with Crippen LogP contribution in [0.2, 0.25) is 0 Å². The molecule has 1 aromatic heterocycles. The molecular formula is C26H29N3O3. The van der Waals surface area contributed by atoms with Crippen LogP contribution in [0, 0.1) is 5.92 Å². The molecule has 2 atom stereocenters. The molecule has 0 aliphatic carbocycles. The fourth-order valence-electron chi connectivity index (χ4n) is 4.18. The van der Waals surface area contributed by atoms with E-state index in [1.165, 1.54) is 5.56 Å². The second kappa shape index (κ2) is 10.2. The van der Waals surface area contributed by atoms with Crippen LogP contribution in [0.5, 0.6) is 0 Å². The number of rotatable bonds is 6. The summed E-state index contributed by atoms with van der Waals surface area (Å²) in [5.74, 6) is 0.431. The summed E-state index contributed by atoms with van der Waals surface area (Å²) < 4.78 is 5.31. The third kappa shape index (κ3) is 5.38. The van der Waals surface area contributed by atoms with Crippen molar-refractivity contribution >= 4 is 17.6 Å². The number of furan rings is 1. The number of nitrogens with one attached hydrogen (secondary N) is 2. The fraction of sp³-hybridized carbons (Fsp3) is 0.308. The largest absolute Gasteiger partial charge is 0.467 e. The highest BCUT2D eigenvalue weighted by Crippen LogP contribution is 2.31.